The van der Waals surface area contributed by atoms with Gasteiger partial charge in [-0.3, -0.25) is 19.2 Å². The smallest absolute Gasteiger partial charge is 0.313 e. The fourth-order valence-electron chi connectivity index (χ4n) is 8.31. The molecule has 3 fully saturated rings. The van der Waals surface area contributed by atoms with Crippen molar-refractivity contribution in [3.63, 3.8) is 0 Å². The highest BCUT2D eigenvalue weighted by molar-refractivity contribution is 6.05. The molecular formula is C42H47N3O8. The summed E-state index contributed by atoms with van der Waals surface area (Å²) in [5, 5.41) is 13.8. The molecule has 6 rings (SSSR count). The van der Waals surface area contributed by atoms with E-state index >= 15 is 4.79 Å². The number of carbonyl (C=O) groups is 4. The number of rotatable bonds is 16. The van der Waals surface area contributed by atoms with Gasteiger partial charge in [0.25, 0.3) is 5.91 Å². The van der Waals surface area contributed by atoms with Crippen LogP contribution >= 0.6 is 0 Å². The van der Waals surface area contributed by atoms with E-state index in [1.165, 1.54) is 4.90 Å². The number of hydrogen-bond donors (Lipinski definition) is 2. The van der Waals surface area contributed by atoms with Crippen molar-refractivity contribution in [2.45, 2.75) is 68.5 Å². The average Bonchev–Trinajstić information content (AvgIpc) is 3.83. The van der Waals surface area contributed by atoms with Gasteiger partial charge in [-0.05, 0) is 61.6 Å². The number of anilines is 1. The van der Waals surface area contributed by atoms with E-state index in [9.17, 15) is 19.5 Å². The number of hydrogen-bond acceptors (Lipinski definition) is 8. The van der Waals surface area contributed by atoms with Crippen LogP contribution in [0.2, 0.25) is 0 Å². The Kier molecular flexibility index (Phi) is 11.4. The Morgan fingerprint density at radius 2 is 1.68 bits per heavy atom. The van der Waals surface area contributed by atoms with E-state index in [1.54, 1.807) is 79.6 Å². The zero-order valence-corrected chi connectivity index (χ0v) is 30.1. The Morgan fingerprint density at radius 1 is 1.02 bits per heavy atom. The molecule has 11 nitrogen and oxygen atoms in total. The van der Waals surface area contributed by atoms with Crippen LogP contribution in [0.25, 0.3) is 0 Å². The fourth-order valence-corrected chi connectivity index (χ4v) is 8.31. The number of ether oxygens (including phenoxy) is 3. The molecule has 11 heteroatoms. The molecule has 1 spiro atoms. The minimum absolute atomic E-state index is 0.129. The molecular weight excluding hydrogens is 674 g/mol. The Morgan fingerprint density at radius 3 is 2.28 bits per heavy atom. The highest BCUT2D eigenvalue weighted by atomic mass is 16.6. The quantitative estimate of drug-likeness (QED) is 0.155. The third-order valence-electron chi connectivity index (χ3n) is 10.7. The first-order chi connectivity index (χ1) is 25.7. The molecule has 3 amide bonds. The topological polar surface area (TPSA) is 135 Å². The second-order valence-electron chi connectivity index (χ2n) is 13.8. The molecule has 8 atom stereocenters. The zero-order chi connectivity index (χ0) is 37.7. The number of methoxy groups -OCH3 is 1. The Bertz CT molecular complexity index is 1800. The molecule has 53 heavy (non-hydrogen) atoms. The largest absolute Gasteiger partial charge is 0.497 e. The van der Waals surface area contributed by atoms with Gasteiger partial charge in [-0.1, -0.05) is 72.8 Å². The number of nitrogens with one attached hydrogen (secondary N) is 1. The fraction of sp³-hybridized carbons (Fsp3) is 0.381. The van der Waals surface area contributed by atoms with Crippen LogP contribution in [-0.4, -0.2) is 77.7 Å². The lowest BCUT2D eigenvalue weighted by Crippen LogP contribution is -2.57. The monoisotopic (exact) mass is 721 g/mol. The number of aliphatic hydroxyl groups is 1. The lowest BCUT2D eigenvalue weighted by molar-refractivity contribution is -0.162. The summed E-state index contributed by atoms with van der Waals surface area (Å²) < 4.78 is 18.3. The van der Waals surface area contributed by atoms with Crippen molar-refractivity contribution in [2.75, 3.05) is 25.2 Å². The molecule has 0 aromatic heterocycles. The normalized spacial score (nSPS) is 24.4. The summed E-state index contributed by atoms with van der Waals surface area (Å²) in [4.78, 5) is 60.2. The molecule has 2 bridgehead atoms. The van der Waals surface area contributed by atoms with Gasteiger partial charge in [0.2, 0.25) is 11.8 Å². The summed E-state index contributed by atoms with van der Waals surface area (Å²) in [6, 6.07) is 22.5. The SMILES string of the molecule is C=CCCC(=O)N[C@@H](C)[C@H](OC(=O)[C@@H]1[C@@H]2CC[C@]3(O2)[C@H](C(=O)N(CC=C)c2ccc(OC)cc2)N([C@H](CO)c2ccccc2)C(=O)[C@@H]13)c1ccccc1. The van der Waals surface area contributed by atoms with Crippen molar-refractivity contribution < 1.29 is 38.5 Å². The van der Waals surface area contributed by atoms with Gasteiger partial charge in [-0.25, -0.2) is 0 Å². The van der Waals surface area contributed by atoms with Gasteiger partial charge in [-0.15, -0.1) is 13.2 Å². The van der Waals surface area contributed by atoms with Crippen LogP contribution in [0.1, 0.15) is 55.9 Å². The van der Waals surface area contributed by atoms with Crippen LogP contribution in [0, 0.1) is 11.8 Å². The van der Waals surface area contributed by atoms with Crippen molar-refractivity contribution >= 4 is 29.4 Å². The van der Waals surface area contributed by atoms with Gasteiger partial charge >= 0.3 is 5.97 Å². The lowest BCUT2D eigenvalue weighted by Gasteiger charge is -2.39. The van der Waals surface area contributed by atoms with Gasteiger partial charge < -0.3 is 34.4 Å². The van der Waals surface area contributed by atoms with Crippen molar-refractivity contribution in [3.8, 4) is 5.75 Å². The predicted octanol–water partition coefficient (Wildman–Crippen LogP) is 5.08. The van der Waals surface area contributed by atoms with E-state index in [0.717, 1.165) is 0 Å². The predicted molar refractivity (Wildman–Crippen MR) is 199 cm³/mol. The third-order valence-corrected chi connectivity index (χ3v) is 10.7. The third kappa shape index (κ3) is 7.11. The van der Waals surface area contributed by atoms with E-state index in [-0.39, 0.29) is 18.9 Å². The molecule has 0 aliphatic carbocycles. The highest BCUT2D eigenvalue weighted by Gasteiger charge is 2.76. The van der Waals surface area contributed by atoms with Crippen LogP contribution < -0.4 is 15.0 Å². The maximum Gasteiger partial charge on any atom is 0.313 e. The number of amides is 3. The molecule has 0 unspecified atom stereocenters. The van der Waals surface area contributed by atoms with Crippen molar-refractivity contribution in [1.82, 2.24) is 10.2 Å². The minimum atomic E-state index is -1.37. The number of aliphatic hydroxyl groups excluding tert-OH is 1. The van der Waals surface area contributed by atoms with Crippen LogP contribution in [0.4, 0.5) is 5.69 Å². The Labute approximate surface area is 310 Å². The Balaban J connectivity index is 1.39. The summed E-state index contributed by atoms with van der Waals surface area (Å²) in [7, 11) is 1.56. The van der Waals surface area contributed by atoms with Crippen LogP contribution in [-0.2, 0) is 28.7 Å². The minimum Gasteiger partial charge on any atom is -0.497 e. The summed E-state index contributed by atoms with van der Waals surface area (Å²) in [6.07, 6.45) is 3.22. The van der Waals surface area contributed by atoms with Crippen molar-refractivity contribution in [3.05, 3.63) is 121 Å². The first-order valence-corrected chi connectivity index (χ1v) is 18.1. The van der Waals surface area contributed by atoms with Gasteiger partial charge in [0.1, 0.15) is 23.5 Å². The second-order valence-corrected chi connectivity index (χ2v) is 13.8. The van der Waals surface area contributed by atoms with Crippen LogP contribution in [0.15, 0.2) is 110 Å². The molecule has 3 aliphatic heterocycles. The molecule has 3 aromatic carbocycles. The lowest BCUT2D eigenvalue weighted by atomic mass is 9.70. The van der Waals surface area contributed by atoms with Gasteiger partial charge in [0, 0.05) is 18.7 Å². The molecule has 3 aromatic rings. The molecule has 0 saturated carbocycles. The second kappa shape index (κ2) is 16.2. The maximum atomic E-state index is 15.1. The van der Waals surface area contributed by atoms with Gasteiger partial charge in [-0.2, -0.15) is 0 Å². The number of nitrogens with zero attached hydrogens (tertiary/aromatic N) is 2. The van der Waals surface area contributed by atoms with E-state index in [1.807, 2.05) is 36.4 Å². The Hall–Kier alpha value is -5.26. The zero-order valence-electron chi connectivity index (χ0n) is 30.1. The highest BCUT2D eigenvalue weighted by Crippen LogP contribution is 2.60. The first-order valence-electron chi connectivity index (χ1n) is 18.1. The van der Waals surface area contributed by atoms with Crippen LogP contribution in [0.3, 0.4) is 0 Å². The van der Waals surface area contributed by atoms with Gasteiger partial charge in [0.15, 0.2) is 0 Å². The molecule has 3 saturated heterocycles. The molecule has 278 valence electrons. The van der Waals surface area contributed by atoms with E-state index in [4.69, 9.17) is 14.2 Å². The molecule has 0 radical (unpaired) electrons. The number of benzene rings is 3. The summed E-state index contributed by atoms with van der Waals surface area (Å²) >= 11 is 0. The number of likely N-dealkylation sites (tertiary alicyclic amines) is 1. The number of allylic oxidation sites excluding steroid dienone is 1. The molecule has 3 aliphatic rings. The van der Waals surface area contributed by atoms with E-state index in [0.29, 0.717) is 41.8 Å². The summed E-state index contributed by atoms with van der Waals surface area (Å²) in [5.74, 6) is -3.23. The molecule has 2 N–H and O–H groups in total. The molecule has 3 heterocycles. The van der Waals surface area contributed by atoms with Crippen molar-refractivity contribution in [2.24, 2.45) is 11.8 Å². The average molecular weight is 722 g/mol. The summed E-state index contributed by atoms with van der Waals surface area (Å²) in [6.45, 7) is 9.00. The van der Waals surface area contributed by atoms with Gasteiger partial charge in [0.05, 0.1) is 43.7 Å². The first kappa shape index (κ1) is 37.5. The standard InChI is InChI=1S/C42H47N3O8/c1-5-7-18-34(47)43-27(3)37(29-16-12-9-13-17-29)52-41(50)35-33-23-24-42(53-33)36(35)39(48)45(32(26-46)28-14-10-8-11-15-28)38(42)40(49)44(25-6-2)30-19-21-31(51-4)22-20-30/h5-6,8-17,19-22,27,32-33,35-38,46H,1-2,7,18,23-26H2,3-4H3,(H,43,47)/t27-,32+,33-,35+,36+,37-,38-,42+/m0/s1. The number of esters is 1. The number of fused-ring (bicyclic) bond motifs is 1. The maximum absolute atomic E-state index is 15.1. The van der Waals surface area contributed by atoms with Crippen LogP contribution in [0.5, 0.6) is 5.75 Å². The number of carbonyl (C=O) groups excluding carboxylic acids is 4. The summed E-state index contributed by atoms with van der Waals surface area (Å²) in [5.41, 5.74) is 0.494. The van der Waals surface area contributed by atoms with E-state index in [2.05, 4.69) is 18.5 Å². The van der Waals surface area contributed by atoms with E-state index < -0.39 is 72.2 Å². The van der Waals surface area contributed by atoms with Crippen molar-refractivity contribution in [1.29, 1.82) is 0 Å².